The quantitative estimate of drug-likeness (QED) is 0.693. The zero-order chi connectivity index (χ0) is 18.8. The number of methoxy groups -OCH3 is 1. The van der Waals surface area contributed by atoms with Crippen molar-refractivity contribution in [2.45, 2.75) is 38.0 Å². The fraction of sp³-hybridized carbons (Fsp3) is 0.364. The van der Waals surface area contributed by atoms with Crippen LogP contribution < -0.4 is 10.1 Å². The molecule has 1 amide bonds. The molecule has 2 N–H and O–H groups in total. The molecular formula is C22H25N3O2. The van der Waals surface area contributed by atoms with Gasteiger partial charge in [-0.2, -0.15) is 0 Å². The molecule has 5 nitrogen and oxygen atoms in total. The van der Waals surface area contributed by atoms with Crippen molar-refractivity contribution in [2.75, 3.05) is 13.7 Å². The number of imidazole rings is 1. The molecular weight excluding hydrogens is 338 g/mol. The summed E-state index contributed by atoms with van der Waals surface area (Å²) in [4.78, 5) is 20.7. The van der Waals surface area contributed by atoms with Crippen LogP contribution in [-0.4, -0.2) is 29.5 Å². The molecule has 0 saturated carbocycles. The molecule has 1 aliphatic rings. The lowest BCUT2D eigenvalue weighted by Gasteiger charge is -2.14. The summed E-state index contributed by atoms with van der Waals surface area (Å²) in [7, 11) is 1.66. The molecule has 5 heteroatoms. The molecule has 0 bridgehead atoms. The second kappa shape index (κ2) is 7.43. The van der Waals surface area contributed by atoms with E-state index in [1.165, 1.54) is 5.56 Å². The van der Waals surface area contributed by atoms with Crippen LogP contribution in [0, 0.1) is 0 Å². The number of H-pyrrole nitrogens is 1. The Morgan fingerprint density at radius 3 is 2.70 bits per heavy atom. The average Bonchev–Trinajstić information content (AvgIpc) is 3.32. The molecule has 2 unspecified atom stereocenters. The topological polar surface area (TPSA) is 67.0 Å². The summed E-state index contributed by atoms with van der Waals surface area (Å²) < 4.78 is 5.56. The summed E-state index contributed by atoms with van der Waals surface area (Å²) in [5.74, 6) is 1.82. The molecule has 3 aromatic rings. The van der Waals surface area contributed by atoms with Gasteiger partial charge in [-0.1, -0.05) is 49.7 Å². The highest BCUT2D eigenvalue weighted by Gasteiger charge is 2.29. The third kappa shape index (κ3) is 3.18. The maximum absolute atomic E-state index is 12.3. The molecule has 0 spiro atoms. The Labute approximate surface area is 159 Å². The molecule has 2 aromatic carbocycles. The normalized spacial score (nSPS) is 17.9. The number of benzene rings is 2. The number of aromatic nitrogens is 2. The van der Waals surface area contributed by atoms with Crippen LogP contribution in [0.4, 0.5) is 0 Å². The first kappa shape index (κ1) is 17.6. The van der Waals surface area contributed by atoms with Crippen LogP contribution in [0.2, 0.25) is 0 Å². The van der Waals surface area contributed by atoms with Crippen LogP contribution in [0.1, 0.15) is 55.0 Å². The second-order valence-corrected chi connectivity index (χ2v) is 7.09. The van der Waals surface area contributed by atoms with Crippen molar-refractivity contribution >= 4 is 16.9 Å². The van der Waals surface area contributed by atoms with Gasteiger partial charge in [-0.15, -0.1) is 0 Å². The lowest BCUT2D eigenvalue weighted by Crippen LogP contribution is -2.18. The SMILES string of the molecule is CCCC(c1ccccc1)c1nc2c(C3CCNC3=O)ccc(OC)c2[nH]1. The van der Waals surface area contributed by atoms with Gasteiger partial charge in [0.25, 0.3) is 0 Å². The largest absolute Gasteiger partial charge is 0.494 e. The van der Waals surface area contributed by atoms with Gasteiger partial charge in [0.1, 0.15) is 17.1 Å². The van der Waals surface area contributed by atoms with Crippen molar-refractivity contribution in [3.05, 3.63) is 59.4 Å². The van der Waals surface area contributed by atoms with E-state index in [4.69, 9.17) is 9.72 Å². The lowest BCUT2D eigenvalue weighted by atomic mass is 9.94. The summed E-state index contributed by atoms with van der Waals surface area (Å²) >= 11 is 0. The Hall–Kier alpha value is -2.82. The number of fused-ring (bicyclic) bond motifs is 1. The lowest BCUT2D eigenvalue weighted by molar-refractivity contribution is -0.120. The molecule has 0 aliphatic carbocycles. The van der Waals surface area contributed by atoms with E-state index in [0.717, 1.165) is 54.0 Å². The number of aromatic amines is 1. The van der Waals surface area contributed by atoms with Gasteiger partial charge in [0, 0.05) is 12.5 Å². The molecule has 2 atom stereocenters. The van der Waals surface area contributed by atoms with Crippen molar-refractivity contribution in [3.63, 3.8) is 0 Å². The first-order valence-electron chi connectivity index (χ1n) is 9.62. The van der Waals surface area contributed by atoms with Crippen LogP contribution in [-0.2, 0) is 4.79 Å². The Morgan fingerprint density at radius 1 is 1.22 bits per heavy atom. The highest BCUT2D eigenvalue weighted by molar-refractivity contribution is 5.93. The summed E-state index contributed by atoms with van der Waals surface area (Å²) in [5, 5.41) is 2.93. The van der Waals surface area contributed by atoms with Gasteiger partial charge >= 0.3 is 0 Å². The predicted molar refractivity (Wildman–Crippen MR) is 106 cm³/mol. The number of nitrogens with one attached hydrogen (secondary N) is 2. The first-order valence-corrected chi connectivity index (χ1v) is 9.62. The Morgan fingerprint density at radius 2 is 2.04 bits per heavy atom. The van der Waals surface area contributed by atoms with E-state index in [-0.39, 0.29) is 17.7 Å². The van der Waals surface area contributed by atoms with Crippen molar-refractivity contribution in [3.8, 4) is 5.75 Å². The van der Waals surface area contributed by atoms with E-state index < -0.39 is 0 Å². The van der Waals surface area contributed by atoms with Crippen LogP contribution in [0.25, 0.3) is 11.0 Å². The standard InChI is InChI=1S/C22H25N3O2/c1-3-7-15(14-8-5-4-6-9-14)21-24-19-16(17-12-13-23-22(17)26)10-11-18(27-2)20(19)25-21/h4-6,8-11,15,17H,3,7,12-13H2,1-2H3,(H,23,26)(H,24,25). The van der Waals surface area contributed by atoms with Gasteiger partial charge in [-0.3, -0.25) is 4.79 Å². The number of amides is 1. The minimum absolute atomic E-state index is 0.0826. The predicted octanol–water partition coefficient (Wildman–Crippen LogP) is 4.11. The van der Waals surface area contributed by atoms with Gasteiger partial charge < -0.3 is 15.0 Å². The molecule has 2 heterocycles. The smallest absolute Gasteiger partial charge is 0.227 e. The first-order chi connectivity index (χ1) is 13.2. The van der Waals surface area contributed by atoms with E-state index >= 15 is 0 Å². The zero-order valence-corrected chi connectivity index (χ0v) is 15.8. The molecule has 1 aliphatic heterocycles. The number of rotatable bonds is 6. The third-order valence-corrected chi connectivity index (χ3v) is 5.41. The van der Waals surface area contributed by atoms with Gasteiger partial charge in [0.05, 0.1) is 18.5 Å². The van der Waals surface area contributed by atoms with Gasteiger partial charge in [-0.05, 0) is 30.0 Å². The molecule has 1 aromatic heterocycles. The molecule has 140 valence electrons. The Kier molecular flexibility index (Phi) is 4.84. The molecule has 4 rings (SSSR count). The second-order valence-electron chi connectivity index (χ2n) is 7.09. The van der Waals surface area contributed by atoms with E-state index in [2.05, 4.69) is 41.5 Å². The van der Waals surface area contributed by atoms with E-state index in [1.54, 1.807) is 7.11 Å². The van der Waals surface area contributed by atoms with Crippen LogP contribution in [0.3, 0.4) is 0 Å². The van der Waals surface area contributed by atoms with E-state index in [0.29, 0.717) is 0 Å². The summed E-state index contributed by atoms with van der Waals surface area (Å²) in [6, 6.07) is 14.4. The summed E-state index contributed by atoms with van der Waals surface area (Å²) in [5.41, 5.74) is 3.95. The van der Waals surface area contributed by atoms with Crippen LogP contribution in [0.5, 0.6) is 5.75 Å². The maximum Gasteiger partial charge on any atom is 0.227 e. The number of hydrogen-bond donors (Lipinski definition) is 2. The fourth-order valence-corrected chi connectivity index (χ4v) is 4.05. The highest BCUT2D eigenvalue weighted by Crippen LogP contribution is 2.36. The molecule has 27 heavy (non-hydrogen) atoms. The molecule has 1 saturated heterocycles. The summed E-state index contributed by atoms with van der Waals surface area (Å²) in [6.07, 6.45) is 2.87. The monoisotopic (exact) mass is 363 g/mol. The van der Waals surface area contributed by atoms with E-state index in [9.17, 15) is 4.79 Å². The Bertz CT molecular complexity index is 949. The number of carbonyl (C=O) groups excluding carboxylic acids is 1. The van der Waals surface area contributed by atoms with Gasteiger partial charge in [-0.25, -0.2) is 4.98 Å². The van der Waals surface area contributed by atoms with Crippen molar-refractivity contribution in [1.29, 1.82) is 0 Å². The zero-order valence-electron chi connectivity index (χ0n) is 15.8. The number of ether oxygens (including phenoxy) is 1. The molecule has 1 fully saturated rings. The number of hydrogen-bond acceptors (Lipinski definition) is 3. The fourth-order valence-electron chi connectivity index (χ4n) is 4.05. The van der Waals surface area contributed by atoms with Crippen LogP contribution >= 0.6 is 0 Å². The third-order valence-electron chi connectivity index (χ3n) is 5.41. The van der Waals surface area contributed by atoms with Crippen LogP contribution in [0.15, 0.2) is 42.5 Å². The molecule has 0 radical (unpaired) electrons. The van der Waals surface area contributed by atoms with Crippen molar-refractivity contribution in [1.82, 2.24) is 15.3 Å². The number of nitrogens with zero attached hydrogens (tertiary/aromatic N) is 1. The highest BCUT2D eigenvalue weighted by atomic mass is 16.5. The average molecular weight is 363 g/mol. The maximum atomic E-state index is 12.3. The van der Waals surface area contributed by atoms with E-state index in [1.807, 2.05) is 18.2 Å². The minimum Gasteiger partial charge on any atom is -0.494 e. The summed E-state index contributed by atoms with van der Waals surface area (Å²) in [6.45, 7) is 2.91. The van der Waals surface area contributed by atoms with Gasteiger partial charge in [0.2, 0.25) is 5.91 Å². The van der Waals surface area contributed by atoms with Crippen molar-refractivity contribution < 1.29 is 9.53 Å². The number of carbonyl (C=O) groups is 1. The van der Waals surface area contributed by atoms with Gasteiger partial charge in [0.15, 0.2) is 0 Å². The Balaban J connectivity index is 1.85. The van der Waals surface area contributed by atoms with Crippen molar-refractivity contribution in [2.24, 2.45) is 0 Å². The minimum atomic E-state index is -0.143.